The van der Waals surface area contributed by atoms with Gasteiger partial charge in [-0.2, -0.15) is 0 Å². The number of guanidine groups is 1. The van der Waals surface area contributed by atoms with E-state index in [1.807, 2.05) is 6.08 Å². The van der Waals surface area contributed by atoms with Crippen LogP contribution in [0.25, 0.3) is 0 Å². The van der Waals surface area contributed by atoms with Crippen LogP contribution in [0.4, 0.5) is 5.69 Å². The maximum atomic E-state index is 12.0. The molecular formula is C20H29IN4O. The Morgan fingerprint density at radius 1 is 1.35 bits per heavy atom. The normalized spacial score (nSPS) is 17.6. The Hall–Kier alpha value is -1.57. The van der Waals surface area contributed by atoms with Gasteiger partial charge in [-0.05, 0) is 24.5 Å². The number of nitrogens with zero attached hydrogens (tertiary/aromatic N) is 3. The van der Waals surface area contributed by atoms with Crippen LogP contribution in [0.2, 0.25) is 0 Å². The van der Waals surface area contributed by atoms with E-state index < -0.39 is 0 Å². The van der Waals surface area contributed by atoms with Crippen molar-refractivity contribution in [2.75, 3.05) is 38.6 Å². The zero-order valence-electron chi connectivity index (χ0n) is 15.7. The van der Waals surface area contributed by atoms with Gasteiger partial charge in [-0.15, -0.1) is 30.6 Å². The number of carbonyl (C=O) groups is 1. The standard InChI is InChI=1S/C20H28N4O.HI/c1-4-13-21-19(22-14-18(25)23(2)3)24-15-20(11-7-8-12-20)16-9-5-6-10-17(16)24;/h4-6,9-10H,1,7-8,11-15H2,2-3H3,(H,21,22);1H. The molecule has 3 rings (SSSR count). The summed E-state index contributed by atoms with van der Waals surface area (Å²) in [5.74, 6) is 0.771. The molecule has 1 aliphatic heterocycles. The van der Waals surface area contributed by atoms with E-state index >= 15 is 0 Å². The highest BCUT2D eigenvalue weighted by atomic mass is 127. The van der Waals surface area contributed by atoms with Gasteiger partial charge in [0.25, 0.3) is 0 Å². The first-order valence-electron chi connectivity index (χ1n) is 9.04. The molecule has 0 unspecified atom stereocenters. The molecule has 1 aromatic rings. The van der Waals surface area contributed by atoms with Gasteiger partial charge < -0.3 is 15.1 Å². The van der Waals surface area contributed by atoms with Crippen molar-refractivity contribution < 1.29 is 4.79 Å². The van der Waals surface area contributed by atoms with Crippen LogP contribution in [0.15, 0.2) is 41.9 Å². The Kier molecular flexibility index (Phi) is 7.08. The Bertz CT molecular complexity index is 680. The number of anilines is 1. The molecule has 26 heavy (non-hydrogen) atoms. The first-order valence-corrected chi connectivity index (χ1v) is 9.04. The van der Waals surface area contributed by atoms with E-state index in [2.05, 4.69) is 46.1 Å². The van der Waals surface area contributed by atoms with Gasteiger partial charge in [0.15, 0.2) is 5.96 Å². The highest BCUT2D eigenvalue weighted by Crippen LogP contribution is 2.50. The van der Waals surface area contributed by atoms with Crippen molar-refractivity contribution in [2.24, 2.45) is 4.99 Å². The Balaban J connectivity index is 0.00000243. The fraction of sp³-hybridized carbons (Fsp3) is 0.500. The molecule has 0 aromatic heterocycles. The van der Waals surface area contributed by atoms with E-state index in [0.717, 1.165) is 12.5 Å². The van der Waals surface area contributed by atoms with Crippen LogP contribution >= 0.6 is 24.0 Å². The molecule has 1 aromatic carbocycles. The minimum atomic E-state index is 0. The van der Waals surface area contributed by atoms with Gasteiger partial charge in [-0.3, -0.25) is 4.79 Å². The zero-order valence-corrected chi connectivity index (χ0v) is 18.0. The number of likely N-dealkylation sites (N-methyl/N-ethyl adjacent to an activating group) is 1. The van der Waals surface area contributed by atoms with E-state index in [9.17, 15) is 4.79 Å². The van der Waals surface area contributed by atoms with Crippen molar-refractivity contribution in [3.05, 3.63) is 42.5 Å². The SMILES string of the molecule is C=CCNC(=NCC(=O)N(C)C)N1CC2(CCCC2)c2ccccc21.I. The van der Waals surface area contributed by atoms with Crippen LogP contribution in [0.3, 0.4) is 0 Å². The molecule has 0 atom stereocenters. The number of fused-ring (bicyclic) bond motifs is 2. The number of para-hydroxylation sites is 1. The molecule has 1 amide bonds. The summed E-state index contributed by atoms with van der Waals surface area (Å²) >= 11 is 0. The van der Waals surface area contributed by atoms with Crippen molar-refractivity contribution in [1.82, 2.24) is 10.2 Å². The second-order valence-corrected chi connectivity index (χ2v) is 7.19. The second kappa shape index (κ2) is 8.88. The summed E-state index contributed by atoms with van der Waals surface area (Å²) in [7, 11) is 3.51. The zero-order chi connectivity index (χ0) is 17.9. The lowest BCUT2D eigenvalue weighted by Crippen LogP contribution is -2.44. The van der Waals surface area contributed by atoms with Crippen LogP contribution in [0.1, 0.15) is 31.2 Å². The quantitative estimate of drug-likeness (QED) is 0.320. The Morgan fingerprint density at radius 3 is 2.69 bits per heavy atom. The van der Waals surface area contributed by atoms with Crippen LogP contribution in [0, 0.1) is 0 Å². The van der Waals surface area contributed by atoms with Crippen LogP contribution < -0.4 is 10.2 Å². The molecule has 1 spiro atoms. The van der Waals surface area contributed by atoms with Crippen molar-refractivity contribution in [3.8, 4) is 0 Å². The monoisotopic (exact) mass is 468 g/mol. The summed E-state index contributed by atoms with van der Waals surface area (Å²) < 4.78 is 0. The van der Waals surface area contributed by atoms with E-state index in [0.29, 0.717) is 6.54 Å². The summed E-state index contributed by atoms with van der Waals surface area (Å²) in [4.78, 5) is 20.4. The fourth-order valence-corrected chi connectivity index (χ4v) is 3.98. The number of hydrogen-bond acceptors (Lipinski definition) is 2. The lowest BCUT2D eigenvalue weighted by Gasteiger charge is -2.26. The molecule has 0 saturated heterocycles. The van der Waals surface area contributed by atoms with E-state index in [-0.39, 0.29) is 41.8 Å². The average Bonchev–Trinajstić information content (AvgIpc) is 3.21. The van der Waals surface area contributed by atoms with Crippen LogP contribution in [0.5, 0.6) is 0 Å². The molecule has 6 heteroatoms. The van der Waals surface area contributed by atoms with Crippen molar-refractivity contribution in [3.63, 3.8) is 0 Å². The topological polar surface area (TPSA) is 47.9 Å². The van der Waals surface area contributed by atoms with E-state index in [1.54, 1.807) is 19.0 Å². The molecule has 0 radical (unpaired) electrons. The highest BCUT2D eigenvalue weighted by molar-refractivity contribution is 14.0. The van der Waals surface area contributed by atoms with E-state index in [1.165, 1.54) is 36.9 Å². The van der Waals surface area contributed by atoms with Crippen molar-refractivity contribution >= 4 is 41.5 Å². The predicted octanol–water partition coefficient (Wildman–Crippen LogP) is 3.16. The number of rotatable bonds is 4. The highest BCUT2D eigenvalue weighted by Gasteiger charge is 2.45. The van der Waals surface area contributed by atoms with Gasteiger partial charge in [-0.25, -0.2) is 4.99 Å². The summed E-state index contributed by atoms with van der Waals surface area (Å²) in [5.41, 5.74) is 2.88. The number of carbonyl (C=O) groups excluding carboxylic acids is 1. The summed E-state index contributed by atoms with van der Waals surface area (Å²) in [6.07, 6.45) is 6.84. The third-order valence-electron chi connectivity index (χ3n) is 5.31. The molecule has 2 aliphatic rings. The van der Waals surface area contributed by atoms with Gasteiger partial charge >= 0.3 is 0 Å². The third kappa shape index (κ3) is 4.05. The van der Waals surface area contributed by atoms with Crippen LogP contribution in [-0.4, -0.2) is 50.5 Å². The predicted molar refractivity (Wildman–Crippen MR) is 119 cm³/mol. The maximum absolute atomic E-state index is 12.0. The lowest BCUT2D eigenvalue weighted by molar-refractivity contribution is -0.127. The maximum Gasteiger partial charge on any atom is 0.243 e. The van der Waals surface area contributed by atoms with Gasteiger partial charge in [0, 0.05) is 38.3 Å². The summed E-state index contributed by atoms with van der Waals surface area (Å²) in [5, 5.41) is 3.34. The minimum absolute atomic E-state index is 0. The van der Waals surface area contributed by atoms with Crippen molar-refractivity contribution in [2.45, 2.75) is 31.1 Å². The molecule has 1 heterocycles. The molecule has 142 valence electrons. The first-order chi connectivity index (χ1) is 12.1. The average molecular weight is 468 g/mol. The van der Waals surface area contributed by atoms with Crippen molar-refractivity contribution in [1.29, 1.82) is 0 Å². The summed E-state index contributed by atoms with van der Waals surface area (Å²) in [6.45, 7) is 5.50. The van der Waals surface area contributed by atoms with Crippen LogP contribution in [-0.2, 0) is 10.2 Å². The number of nitrogens with one attached hydrogen (secondary N) is 1. The molecule has 0 bridgehead atoms. The molecule has 1 fully saturated rings. The lowest BCUT2D eigenvalue weighted by atomic mass is 9.81. The summed E-state index contributed by atoms with van der Waals surface area (Å²) in [6, 6.07) is 8.64. The van der Waals surface area contributed by atoms with Gasteiger partial charge in [0.1, 0.15) is 6.54 Å². The Morgan fingerprint density at radius 2 is 2.04 bits per heavy atom. The molecule has 1 aliphatic carbocycles. The number of amides is 1. The van der Waals surface area contributed by atoms with Gasteiger partial charge in [-0.1, -0.05) is 37.1 Å². The number of hydrogen-bond donors (Lipinski definition) is 1. The van der Waals surface area contributed by atoms with E-state index in [4.69, 9.17) is 0 Å². The molecule has 1 saturated carbocycles. The second-order valence-electron chi connectivity index (χ2n) is 7.19. The molecule has 5 nitrogen and oxygen atoms in total. The van der Waals surface area contributed by atoms with Gasteiger partial charge in [0.2, 0.25) is 5.91 Å². The number of aliphatic imine (C=N–C) groups is 1. The number of benzene rings is 1. The third-order valence-corrected chi connectivity index (χ3v) is 5.31. The smallest absolute Gasteiger partial charge is 0.243 e. The number of halogens is 1. The largest absolute Gasteiger partial charge is 0.352 e. The minimum Gasteiger partial charge on any atom is -0.352 e. The molecule has 1 N–H and O–H groups in total. The Labute approximate surface area is 173 Å². The molecular weight excluding hydrogens is 439 g/mol. The first kappa shape index (κ1) is 20.7. The fourth-order valence-electron chi connectivity index (χ4n) is 3.98. The van der Waals surface area contributed by atoms with Gasteiger partial charge in [0.05, 0.1) is 0 Å².